The van der Waals surface area contributed by atoms with E-state index in [0.717, 1.165) is 11.1 Å². The summed E-state index contributed by atoms with van der Waals surface area (Å²) in [4.78, 5) is 29.3. The van der Waals surface area contributed by atoms with Crippen molar-refractivity contribution in [1.29, 1.82) is 0 Å². The van der Waals surface area contributed by atoms with Crippen molar-refractivity contribution in [3.8, 4) is 17.1 Å². The molecular weight excluding hydrogens is 422 g/mol. The number of amides is 1. The largest absolute Gasteiger partial charge is 0.497 e. The Morgan fingerprint density at radius 2 is 1.67 bits per heavy atom. The molecule has 0 saturated heterocycles. The van der Waals surface area contributed by atoms with Gasteiger partial charge < -0.3 is 19.3 Å². The summed E-state index contributed by atoms with van der Waals surface area (Å²) in [7, 11) is 1.59. The molecule has 8 heteroatoms. The SMILES string of the molecule is COc1ccc(-c2noc(COC(=O)c3ccccc3NC(=O)Cc3ccccc3)n2)cc1. The molecule has 1 heterocycles. The molecular formula is C25H21N3O5. The topological polar surface area (TPSA) is 104 Å². The smallest absolute Gasteiger partial charge is 0.340 e. The van der Waals surface area contributed by atoms with Crippen molar-refractivity contribution in [3.05, 3.63) is 95.9 Å². The van der Waals surface area contributed by atoms with E-state index in [9.17, 15) is 9.59 Å². The molecule has 33 heavy (non-hydrogen) atoms. The highest BCUT2D eigenvalue weighted by Gasteiger charge is 2.17. The van der Waals surface area contributed by atoms with Gasteiger partial charge in [0.05, 0.1) is 24.8 Å². The minimum Gasteiger partial charge on any atom is -0.497 e. The number of nitrogens with zero attached hydrogens (tertiary/aromatic N) is 2. The molecule has 1 N–H and O–H groups in total. The number of hydrogen-bond donors (Lipinski definition) is 1. The Balaban J connectivity index is 1.38. The van der Waals surface area contributed by atoms with Gasteiger partial charge in [-0.3, -0.25) is 4.79 Å². The van der Waals surface area contributed by atoms with E-state index in [2.05, 4.69) is 15.5 Å². The van der Waals surface area contributed by atoms with Gasteiger partial charge in [0.15, 0.2) is 6.61 Å². The van der Waals surface area contributed by atoms with E-state index < -0.39 is 5.97 Å². The molecule has 0 atom stereocenters. The lowest BCUT2D eigenvalue weighted by atomic mass is 10.1. The number of hydrogen-bond acceptors (Lipinski definition) is 7. The van der Waals surface area contributed by atoms with Crippen LogP contribution in [0, 0.1) is 0 Å². The number of carbonyl (C=O) groups is 2. The van der Waals surface area contributed by atoms with Crippen molar-refractivity contribution in [1.82, 2.24) is 10.1 Å². The third-order valence-corrected chi connectivity index (χ3v) is 4.77. The van der Waals surface area contributed by atoms with E-state index in [1.807, 2.05) is 30.3 Å². The molecule has 4 aromatic rings. The van der Waals surface area contributed by atoms with Crippen LogP contribution in [0.25, 0.3) is 11.4 Å². The third-order valence-electron chi connectivity index (χ3n) is 4.77. The second kappa shape index (κ2) is 10.2. The Kier molecular flexibility index (Phi) is 6.75. The molecule has 4 rings (SSSR count). The number of nitrogens with one attached hydrogen (secondary N) is 1. The van der Waals surface area contributed by atoms with Crippen LogP contribution < -0.4 is 10.1 Å². The zero-order valence-corrected chi connectivity index (χ0v) is 17.9. The maximum absolute atomic E-state index is 12.6. The highest BCUT2D eigenvalue weighted by Crippen LogP contribution is 2.21. The zero-order valence-electron chi connectivity index (χ0n) is 17.9. The highest BCUT2D eigenvalue weighted by molar-refractivity contribution is 6.01. The fourth-order valence-electron chi connectivity index (χ4n) is 3.12. The number of benzene rings is 3. The summed E-state index contributed by atoms with van der Waals surface area (Å²) in [5.41, 5.74) is 2.21. The lowest BCUT2D eigenvalue weighted by Crippen LogP contribution is -2.17. The molecule has 0 fully saturated rings. The number of esters is 1. The van der Waals surface area contributed by atoms with E-state index in [1.54, 1.807) is 55.6 Å². The van der Waals surface area contributed by atoms with Gasteiger partial charge in [-0.1, -0.05) is 47.6 Å². The maximum Gasteiger partial charge on any atom is 0.340 e. The summed E-state index contributed by atoms with van der Waals surface area (Å²) in [5, 5.41) is 6.69. The van der Waals surface area contributed by atoms with E-state index in [0.29, 0.717) is 17.3 Å². The van der Waals surface area contributed by atoms with Crippen LogP contribution in [0.5, 0.6) is 5.75 Å². The first-order valence-corrected chi connectivity index (χ1v) is 10.2. The number of carbonyl (C=O) groups excluding carboxylic acids is 2. The van der Waals surface area contributed by atoms with Gasteiger partial charge in [-0.05, 0) is 42.0 Å². The molecule has 0 unspecified atom stereocenters. The normalized spacial score (nSPS) is 10.5. The van der Waals surface area contributed by atoms with Gasteiger partial charge in [-0.25, -0.2) is 4.79 Å². The fraction of sp³-hybridized carbons (Fsp3) is 0.120. The van der Waals surface area contributed by atoms with Gasteiger partial charge >= 0.3 is 5.97 Å². The summed E-state index contributed by atoms with van der Waals surface area (Å²) in [6.07, 6.45) is 0.195. The van der Waals surface area contributed by atoms with Crippen molar-refractivity contribution in [2.75, 3.05) is 12.4 Å². The molecule has 0 bridgehead atoms. The van der Waals surface area contributed by atoms with Crippen molar-refractivity contribution in [3.63, 3.8) is 0 Å². The molecule has 3 aromatic carbocycles. The summed E-state index contributed by atoms with van der Waals surface area (Å²) < 4.78 is 15.7. The molecule has 1 amide bonds. The Bertz CT molecular complexity index is 1240. The van der Waals surface area contributed by atoms with E-state index in [4.69, 9.17) is 14.0 Å². The van der Waals surface area contributed by atoms with Gasteiger partial charge in [-0.15, -0.1) is 0 Å². The third kappa shape index (κ3) is 5.62. The van der Waals surface area contributed by atoms with Crippen molar-refractivity contribution in [2.24, 2.45) is 0 Å². The van der Waals surface area contributed by atoms with Gasteiger partial charge in [0, 0.05) is 5.56 Å². The molecule has 0 radical (unpaired) electrons. The lowest BCUT2D eigenvalue weighted by Gasteiger charge is -2.10. The van der Waals surface area contributed by atoms with Crippen molar-refractivity contribution in [2.45, 2.75) is 13.0 Å². The maximum atomic E-state index is 12.6. The van der Waals surface area contributed by atoms with E-state index in [-0.39, 0.29) is 30.4 Å². The van der Waals surface area contributed by atoms with E-state index in [1.165, 1.54) is 0 Å². The van der Waals surface area contributed by atoms with Crippen molar-refractivity contribution < 1.29 is 23.6 Å². The molecule has 8 nitrogen and oxygen atoms in total. The van der Waals surface area contributed by atoms with Gasteiger partial charge in [0.1, 0.15) is 5.75 Å². The average Bonchev–Trinajstić information content (AvgIpc) is 3.32. The second-order valence-corrected chi connectivity index (χ2v) is 7.07. The van der Waals surface area contributed by atoms with Crippen LogP contribution in [-0.4, -0.2) is 29.1 Å². The first-order valence-electron chi connectivity index (χ1n) is 10.2. The Morgan fingerprint density at radius 3 is 2.42 bits per heavy atom. The molecule has 0 aliphatic carbocycles. The summed E-state index contributed by atoms with van der Waals surface area (Å²) in [6, 6.07) is 23.2. The summed E-state index contributed by atoms with van der Waals surface area (Å²) in [5.74, 6) is 0.389. The quantitative estimate of drug-likeness (QED) is 0.405. The number of ether oxygens (including phenoxy) is 2. The summed E-state index contributed by atoms with van der Waals surface area (Å²) >= 11 is 0. The standard InChI is InChI=1S/C25H21N3O5/c1-31-19-13-11-18(12-14-19)24-27-23(33-28-24)16-32-25(30)20-9-5-6-10-21(20)26-22(29)15-17-7-3-2-4-8-17/h2-14H,15-16H2,1H3,(H,26,29). The Labute approximate surface area is 190 Å². The fourth-order valence-corrected chi connectivity index (χ4v) is 3.12. The number of rotatable bonds is 8. The monoisotopic (exact) mass is 443 g/mol. The predicted molar refractivity (Wildman–Crippen MR) is 121 cm³/mol. The number of methoxy groups -OCH3 is 1. The van der Waals surface area contributed by atoms with Crippen LogP contribution in [0.15, 0.2) is 83.4 Å². The number of aromatic nitrogens is 2. The number of para-hydroxylation sites is 1. The van der Waals surface area contributed by atoms with Crippen LogP contribution in [-0.2, 0) is 22.6 Å². The molecule has 0 aliphatic heterocycles. The molecule has 1 aromatic heterocycles. The van der Waals surface area contributed by atoms with Crippen LogP contribution >= 0.6 is 0 Å². The van der Waals surface area contributed by atoms with Gasteiger partial charge in [0.2, 0.25) is 11.7 Å². The van der Waals surface area contributed by atoms with Gasteiger partial charge in [0.25, 0.3) is 5.89 Å². The van der Waals surface area contributed by atoms with Crippen molar-refractivity contribution >= 4 is 17.6 Å². The Morgan fingerprint density at radius 1 is 0.939 bits per heavy atom. The molecule has 166 valence electrons. The van der Waals surface area contributed by atoms with E-state index >= 15 is 0 Å². The minimum atomic E-state index is -0.616. The second-order valence-electron chi connectivity index (χ2n) is 7.07. The van der Waals surface area contributed by atoms with Crippen LogP contribution in [0.1, 0.15) is 21.8 Å². The van der Waals surface area contributed by atoms with Gasteiger partial charge in [-0.2, -0.15) is 4.98 Å². The molecule has 0 saturated carbocycles. The minimum absolute atomic E-state index is 0.153. The Hall–Kier alpha value is -4.46. The van der Waals surface area contributed by atoms with Crippen LogP contribution in [0.2, 0.25) is 0 Å². The lowest BCUT2D eigenvalue weighted by molar-refractivity contribution is -0.115. The molecule has 0 spiro atoms. The molecule has 0 aliphatic rings. The highest BCUT2D eigenvalue weighted by atomic mass is 16.6. The average molecular weight is 443 g/mol. The number of anilines is 1. The first-order chi connectivity index (χ1) is 16.1. The summed E-state index contributed by atoms with van der Waals surface area (Å²) in [6.45, 7) is -0.200. The first kappa shape index (κ1) is 21.8. The van der Waals surface area contributed by atoms with Crippen LogP contribution in [0.3, 0.4) is 0 Å². The van der Waals surface area contributed by atoms with Crippen LogP contribution in [0.4, 0.5) is 5.69 Å². The zero-order chi connectivity index (χ0) is 23.0. The predicted octanol–water partition coefficient (Wildman–Crippen LogP) is 4.28.